The van der Waals surface area contributed by atoms with Crippen LogP contribution in [0, 0.1) is 17.0 Å². The Morgan fingerprint density at radius 3 is 2.68 bits per heavy atom. The second-order valence-electron chi connectivity index (χ2n) is 8.83. The summed E-state index contributed by atoms with van der Waals surface area (Å²) < 4.78 is 29.4. The van der Waals surface area contributed by atoms with E-state index in [4.69, 9.17) is 16.3 Å². The van der Waals surface area contributed by atoms with Crippen molar-refractivity contribution in [2.24, 2.45) is 16.3 Å². The first kappa shape index (κ1) is 25.8. The highest BCUT2D eigenvalue weighted by molar-refractivity contribution is 6.28. The second kappa shape index (κ2) is 9.06. The minimum absolute atomic E-state index is 0. The molecule has 1 aromatic carbocycles. The molecule has 34 heavy (non-hydrogen) atoms. The molecular weight excluding hydrogens is 472 g/mol. The molecule has 3 aliphatic rings. The maximum Gasteiger partial charge on any atom is 0.345 e. The Morgan fingerprint density at radius 1 is 1.44 bits per heavy atom. The molecule has 2 atom stereocenters. The highest BCUT2D eigenvalue weighted by Gasteiger charge is 2.61. The highest BCUT2D eigenvalue weighted by atomic mass is 35.5. The molecule has 4 rings (SSSR count). The number of Topliss-reactive ketones (excluding diaryl/α,β-unsaturated/α-hetero) is 1. The number of hydrogen-bond acceptors (Lipinski definition) is 7. The van der Waals surface area contributed by atoms with Gasteiger partial charge in [0.2, 0.25) is 11.5 Å². The lowest BCUT2D eigenvalue weighted by molar-refractivity contribution is -0.132. The van der Waals surface area contributed by atoms with Crippen molar-refractivity contribution in [2.45, 2.75) is 25.8 Å². The number of carboxylic acid groups (broad SMARTS) is 1. The fraction of sp³-hybridized carbons (Fsp3) is 0.409. The summed E-state index contributed by atoms with van der Waals surface area (Å²) in [6.07, 6.45) is 4.07. The van der Waals surface area contributed by atoms with E-state index in [0.29, 0.717) is 24.6 Å². The van der Waals surface area contributed by atoms with Gasteiger partial charge in [-0.3, -0.25) is 4.79 Å². The Kier molecular flexibility index (Phi) is 6.87. The Hall–Kier alpha value is -2.86. The van der Waals surface area contributed by atoms with Crippen LogP contribution in [-0.4, -0.2) is 59.9 Å². The average Bonchev–Trinajstić information content (AvgIpc) is 3.56. The average molecular weight is 499 g/mol. The first-order chi connectivity index (χ1) is 15.6. The lowest BCUT2D eigenvalue weighted by Crippen LogP contribution is -2.62. The molecule has 2 aliphatic heterocycles. The number of rotatable bonds is 7. The monoisotopic (exact) mass is 498 g/mol. The van der Waals surface area contributed by atoms with E-state index in [1.807, 2.05) is 6.92 Å². The van der Waals surface area contributed by atoms with Crippen LogP contribution >= 0.6 is 12.4 Å². The molecule has 0 spiro atoms. The van der Waals surface area contributed by atoms with Crippen LogP contribution in [0.15, 0.2) is 35.7 Å². The van der Waals surface area contributed by atoms with E-state index >= 15 is 4.39 Å². The van der Waals surface area contributed by atoms with Crippen LogP contribution in [0.4, 0.5) is 20.2 Å². The second-order valence-corrected chi connectivity index (χ2v) is 8.83. The van der Waals surface area contributed by atoms with E-state index in [1.165, 1.54) is 12.3 Å². The van der Waals surface area contributed by atoms with Crippen molar-refractivity contribution >= 4 is 41.2 Å². The van der Waals surface area contributed by atoms with Crippen molar-refractivity contribution in [1.29, 1.82) is 0 Å². The summed E-state index contributed by atoms with van der Waals surface area (Å²) in [6.45, 7) is 6.26. The van der Waals surface area contributed by atoms with Gasteiger partial charge in [-0.15, -0.1) is 17.4 Å². The number of quaternary nitrogens is 1. The largest absolute Gasteiger partial charge is 0.477 e. The molecule has 1 saturated carbocycles. The number of carboxylic acids is 1. The highest BCUT2D eigenvalue weighted by Crippen LogP contribution is 2.51. The van der Waals surface area contributed by atoms with E-state index in [9.17, 15) is 19.1 Å². The summed E-state index contributed by atoms with van der Waals surface area (Å²) in [5.41, 5.74) is 10.1. The number of ketones is 1. The van der Waals surface area contributed by atoms with Gasteiger partial charge in [0.25, 0.3) is 0 Å². The minimum Gasteiger partial charge on any atom is -0.477 e. The van der Waals surface area contributed by atoms with Crippen molar-refractivity contribution in [1.82, 2.24) is 9.60 Å². The standard InChI is InChI=1S/C22H25F2N5O4.ClH/c1-3-6-33-27-16-8-28(11-22(16,2)10-25)29(12-4-5-12)9-13(21(31)32)20(30)17-18(26)14(23)7-15(24)19(17)29;/h3,7,9,12H,1,4-6,8,10-11,25H2,2H3,(H2-,26,30,31,32);1H/p+1/b27-16+;. The number of nitrogens with two attached hydrogens (primary N) is 2. The van der Waals surface area contributed by atoms with Gasteiger partial charge in [-0.2, -0.15) is 4.59 Å². The fourth-order valence-electron chi connectivity index (χ4n) is 4.66. The Balaban J connectivity index is 0.00000324. The Labute approximate surface area is 201 Å². The lowest BCUT2D eigenvalue weighted by Gasteiger charge is -2.44. The molecule has 5 N–H and O–H groups in total. The number of nitrogens with zero attached hydrogens (tertiary/aromatic N) is 3. The van der Waals surface area contributed by atoms with Gasteiger partial charge in [-0.25, -0.2) is 13.6 Å². The van der Waals surface area contributed by atoms with Gasteiger partial charge in [-0.1, -0.05) is 24.7 Å². The van der Waals surface area contributed by atoms with Crippen LogP contribution < -0.4 is 16.1 Å². The molecule has 1 saturated heterocycles. The molecule has 2 unspecified atom stereocenters. The molecule has 0 radical (unpaired) electrons. The Bertz CT molecular complexity index is 1120. The number of carbonyl (C=O) groups excluding carboxylic acids is 1. The smallest absolute Gasteiger partial charge is 0.345 e. The predicted molar refractivity (Wildman–Crippen MR) is 125 cm³/mol. The zero-order chi connectivity index (χ0) is 24.1. The lowest BCUT2D eigenvalue weighted by atomic mass is 9.88. The zero-order valence-corrected chi connectivity index (χ0v) is 19.4. The van der Waals surface area contributed by atoms with Crippen LogP contribution in [0.3, 0.4) is 0 Å². The van der Waals surface area contributed by atoms with Gasteiger partial charge in [0.1, 0.15) is 30.2 Å². The van der Waals surface area contributed by atoms with Crippen molar-refractivity contribution in [3.8, 4) is 0 Å². The molecule has 1 aromatic rings. The SMILES string of the molecule is C=CCO/N=C1\CN([N+]2(C3CC3)C=C(C(=O)O)C(=O)c3c(N)c(F)cc(F)c32)CC1(C)CN.Cl. The van der Waals surface area contributed by atoms with Crippen molar-refractivity contribution < 1.29 is 28.3 Å². The Morgan fingerprint density at radius 2 is 2.12 bits per heavy atom. The molecule has 12 heteroatoms. The quantitative estimate of drug-likeness (QED) is 0.131. The van der Waals surface area contributed by atoms with E-state index in [-0.39, 0.29) is 50.4 Å². The normalized spacial score (nSPS) is 27.7. The van der Waals surface area contributed by atoms with Crippen molar-refractivity contribution in [2.75, 3.05) is 32.0 Å². The fourth-order valence-corrected chi connectivity index (χ4v) is 4.66. The number of hydrogen-bond donors (Lipinski definition) is 3. The van der Waals surface area contributed by atoms with Gasteiger partial charge in [0.15, 0.2) is 11.4 Å². The summed E-state index contributed by atoms with van der Waals surface area (Å²) >= 11 is 0. The van der Waals surface area contributed by atoms with E-state index < -0.39 is 50.2 Å². The molecule has 9 nitrogen and oxygen atoms in total. The summed E-state index contributed by atoms with van der Waals surface area (Å²) in [7, 11) is 0. The van der Waals surface area contributed by atoms with Crippen LogP contribution in [0.25, 0.3) is 0 Å². The van der Waals surface area contributed by atoms with Crippen LogP contribution in [0.5, 0.6) is 0 Å². The zero-order valence-electron chi connectivity index (χ0n) is 18.6. The molecule has 2 fully saturated rings. The van der Waals surface area contributed by atoms with E-state index in [0.717, 1.165) is 0 Å². The molecule has 0 amide bonds. The number of carbonyl (C=O) groups is 2. The summed E-state index contributed by atoms with van der Waals surface area (Å²) in [5.74, 6) is -4.61. The third kappa shape index (κ3) is 3.78. The number of halogens is 3. The maximum atomic E-state index is 15.4. The number of aliphatic carboxylic acids is 1. The van der Waals surface area contributed by atoms with Crippen molar-refractivity contribution in [3.05, 3.63) is 47.7 Å². The van der Waals surface area contributed by atoms with Gasteiger partial charge in [0.05, 0.1) is 24.5 Å². The van der Waals surface area contributed by atoms with Crippen LogP contribution in [-0.2, 0) is 9.63 Å². The number of nitrogen functional groups attached to an aromatic ring is 1. The predicted octanol–water partition coefficient (Wildman–Crippen LogP) is 2.36. The van der Waals surface area contributed by atoms with E-state index in [1.54, 1.807) is 5.01 Å². The first-order valence-electron chi connectivity index (χ1n) is 10.5. The van der Waals surface area contributed by atoms with Crippen LogP contribution in [0.1, 0.15) is 30.1 Å². The molecule has 184 valence electrons. The van der Waals surface area contributed by atoms with Crippen molar-refractivity contribution in [3.63, 3.8) is 0 Å². The minimum atomic E-state index is -1.50. The van der Waals surface area contributed by atoms with Gasteiger partial charge in [0, 0.05) is 30.9 Å². The topological polar surface area (TPSA) is 131 Å². The maximum absolute atomic E-state index is 15.4. The third-order valence-electron chi connectivity index (χ3n) is 6.58. The van der Waals surface area contributed by atoms with E-state index in [2.05, 4.69) is 11.7 Å². The molecule has 2 heterocycles. The van der Waals surface area contributed by atoms with Gasteiger partial charge in [-0.05, 0) is 0 Å². The number of anilines is 1. The summed E-state index contributed by atoms with van der Waals surface area (Å²) in [5, 5.41) is 15.8. The first-order valence-corrected chi connectivity index (χ1v) is 10.5. The van der Waals surface area contributed by atoms with Gasteiger partial charge < -0.3 is 21.4 Å². The number of oxime groups is 1. The summed E-state index contributed by atoms with van der Waals surface area (Å²) in [6, 6.07) is 0.373. The molecule has 0 bridgehead atoms. The molecule has 0 aromatic heterocycles. The number of fused-ring (bicyclic) bond motifs is 1. The van der Waals surface area contributed by atoms with Crippen LogP contribution in [0.2, 0.25) is 0 Å². The molecule has 1 aliphatic carbocycles. The number of benzene rings is 1. The van der Waals surface area contributed by atoms with Gasteiger partial charge >= 0.3 is 5.97 Å². The summed E-state index contributed by atoms with van der Waals surface area (Å²) in [4.78, 5) is 30.3. The third-order valence-corrected chi connectivity index (χ3v) is 6.58. The molecular formula is C22H27ClF2N5O4+.